The molecule has 0 amide bonds. The van der Waals surface area contributed by atoms with Gasteiger partial charge < -0.3 is 5.11 Å². The third-order valence-electron chi connectivity index (χ3n) is 3.02. The van der Waals surface area contributed by atoms with Gasteiger partial charge >= 0.3 is 5.97 Å². The molecule has 0 saturated heterocycles. The van der Waals surface area contributed by atoms with Gasteiger partial charge in [-0.05, 0) is 18.1 Å². The molecule has 0 aliphatic carbocycles. The molecule has 2 rings (SSSR count). The Morgan fingerprint density at radius 3 is 2.32 bits per heavy atom. The highest BCUT2D eigenvalue weighted by molar-refractivity contribution is 6.10. The van der Waals surface area contributed by atoms with Gasteiger partial charge in [0.1, 0.15) is 0 Å². The zero-order valence-corrected chi connectivity index (χ0v) is 10.6. The average Bonchev–Trinajstić information content (AvgIpc) is 2.41. The molecule has 0 atom stereocenters. The van der Waals surface area contributed by atoms with E-state index in [-0.39, 0.29) is 12.2 Å². The maximum Gasteiger partial charge on any atom is 0.307 e. The Kier molecular flexibility index (Phi) is 3.76. The van der Waals surface area contributed by atoms with Crippen molar-refractivity contribution >= 4 is 11.8 Å². The van der Waals surface area contributed by atoms with Gasteiger partial charge in [0.15, 0.2) is 5.78 Å². The van der Waals surface area contributed by atoms with Gasteiger partial charge in [0.05, 0.1) is 6.42 Å². The molecule has 3 nitrogen and oxygen atoms in total. The van der Waals surface area contributed by atoms with Crippen molar-refractivity contribution in [2.75, 3.05) is 0 Å². The van der Waals surface area contributed by atoms with E-state index in [1.165, 1.54) is 0 Å². The lowest BCUT2D eigenvalue weighted by Gasteiger charge is -2.10. The van der Waals surface area contributed by atoms with Crippen molar-refractivity contribution in [3.05, 3.63) is 70.8 Å². The zero-order chi connectivity index (χ0) is 13.8. The summed E-state index contributed by atoms with van der Waals surface area (Å²) in [7, 11) is 0. The molecular weight excluding hydrogens is 240 g/mol. The highest BCUT2D eigenvalue weighted by Gasteiger charge is 2.16. The highest BCUT2D eigenvalue weighted by atomic mass is 16.4. The molecule has 2 aromatic rings. The lowest BCUT2D eigenvalue weighted by atomic mass is 9.93. The molecule has 1 N–H and O–H groups in total. The standard InChI is InChI=1S/C16H14O3/c1-11-6-5-9-13(14(11)10-15(17)18)16(19)12-7-3-2-4-8-12/h2-9H,10H2,1H3,(H,17,18). The Hall–Kier alpha value is -2.42. The van der Waals surface area contributed by atoms with Crippen LogP contribution in [0.3, 0.4) is 0 Å². The van der Waals surface area contributed by atoms with Crippen molar-refractivity contribution in [3.63, 3.8) is 0 Å². The van der Waals surface area contributed by atoms with Gasteiger partial charge in [-0.3, -0.25) is 9.59 Å². The normalized spacial score (nSPS) is 10.2. The first-order chi connectivity index (χ1) is 9.09. The van der Waals surface area contributed by atoms with E-state index in [0.29, 0.717) is 16.7 Å². The summed E-state index contributed by atoms with van der Waals surface area (Å²) < 4.78 is 0. The Labute approximate surface area is 111 Å². The minimum absolute atomic E-state index is 0.138. The van der Waals surface area contributed by atoms with Crippen LogP contribution in [0.25, 0.3) is 0 Å². The molecule has 0 heterocycles. The summed E-state index contributed by atoms with van der Waals surface area (Å²) in [5.41, 5.74) is 2.45. The minimum atomic E-state index is -0.934. The molecule has 0 spiro atoms. The van der Waals surface area contributed by atoms with E-state index in [4.69, 9.17) is 5.11 Å². The van der Waals surface area contributed by atoms with Gasteiger partial charge in [-0.15, -0.1) is 0 Å². The topological polar surface area (TPSA) is 54.4 Å². The number of carbonyl (C=O) groups is 2. The Morgan fingerprint density at radius 2 is 1.68 bits per heavy atom. The summed E-state index contributed by atoms with van der Waals surface area (Å²) in [5.74, 6) is -1.07. The van der Waals surface area contributed by atoms with E-state index in [9.17, 15) is 9.59 Å². The lowest BCUT2D eigenvalue weighted by molar-refractivity contribution is -0.136. The fourth-order valence-corrected chi connectivity index (χ4v) is 2.05. The largest absolute Gasteiger partial charge is 0.481 e. The van der Waals surface area contributed by atoms with Crippen LogP contribution in [0.4, 0.5) is 0 Å². The van der Waals surface area contributed by atoms with Crippen molar-refractivity contribution in [2.24, 2.45) is 0 Å². The number of aliphatic carboxylic acids is 1. The molecule has 0 aliphatic heterocycles. The number of carbonyl (C=O) groups excluding carboxylic acids is 1. The summed E-state index contributed by atoms with van der Waals surface area (Å²) in [6.07, 6.45) is -0.138. The molecule has 19 heavy (non-hydrogen) atoms. The summed E-state index contributed by atoms with van der Waals surface area (Å²) in [4.78, 5) is 23.3. The van der Waals surface area contributed by atoms with Crippen LogP contribution in [0.2, 0.25) is 0 Å². The minimum Gasteiger partial charge on any atom is -0.481 e. The SMILES string of the molecule is Cc1cccc(C(=O)c2ccccc2)c1CC(=O)O. The second-order valence-electron chi connectivity index (χ2n) is 4.37. The molecule has 0 radical (unpaired) electrons. The number of rotatable bonds is 4. The molecule has 3 heteroatoms. The van der Waals surface area contributed by atoms with Crippen LogP contribution in [-0.4, -0.2) is 16.9 Å². The molecule has 96 valence electrons. The molecule has 0 bridgehead atoms. The van der Waals surface area contributed by atoms with Crippen LogP contribution in [-0.2, 0) is 11.2 Å². The van der Waals surface area contributed by atoms with Crippen LogP contribution in [0, 0.1) is 6.92 Å². The van der Waals surface area contributed by atoms with Crippen LogP contribution < -0.4 is 0 Å². The first-order valence-electron chi connectivity index (χ1n) is 5.99. The third-order valence-corrected chi connectivity index (χ3v) is 3.02. The second-order valence-corrected chi connectivity index (χ2v) is 4.37. The average molecular weight is 254 g/mol. The highest BCUT2D eigenvalue weighted by Crippen LogP contribution is 2.19. The van der Waals surface area contributed by atoms with Gasteiger partial charge in [0.25, 0.3) is 0 Å². The Bertz CT molecular complexity index is 615. The maximum atomic E-state index is 12.4. The van der Waals surface area contributed by atoms with Gasteiger partial charge in [0.2, 0.25) is 0 Å². The Balaban J connectivity index is 2.48. The van der Waals surface area contributed by atoms with E-state index in [1.54, 1.807) is 36.4 Å². The number of carboxylic acids is 1. The maximum absolute atomic E-state index is 12.4. The van der Waals surface area contributed by atoms with E-state index < -0.39 is 5.97 Å². The van der Waals surface area contributed by atoms with Gasteiger partial charge in [-0.25, -0.2) is 0 Å². The smallest absolute Gasteiger partial charge is 0.307 e. The van der Waals surface area contributed by atoms with Crippen molar-refractivity contribution in [3.8, 4) is 0 Å². The monoisotopic (exact) mass is 254 g/mol. The fourth-order valence-electron chi connectivity index (χ4n) is 2.05. The predicted molar refractivity (Wildman–Crippen MR) is 72.4 cm³/mol. The van der Waals surface area contributed by atoms with Crippen molar-refractivity contribution < 1.29 is 14.7 Å². The van der Waals surface area contributed by atoms with Crippen LogP contribution >= 0.6 is 0 Å². The number of aryl methyl sites for hydroxylation is 1. The number of ketones is 1. The first-order valence-corrected chi connectivity index (χ1v) is 5.99. The summed E-state index contributed by atoms with van der Waals surface area (Å²) in [6, 6.07) is 14.2. The van der Waals surface area contributed by atoms with E-state index in [1.807, 2.05) is 19.1 Å². The van der Waals surface area contributed by atoms with Crippen molar-refractivity contribution in [1.29, 1.82) is 0 Å². The molecule has 0 saturated carbocycles. The lowest BCUT2D eigenvalue weighted by Crippen LogP contribution is -2.11. The van der Waals surface area contributed by atoms with Crippen LogP contribution in [0.5, 0.6) is 0 Å². The summed E-state index contributed by atoms with van der Waals surface area (Å²) in [5, 5.41) is 8.96. The molecule has 0 aliphatic rings. The fraction of sp³-hybridized carbons (Fsp3) is 0.125. The van der Waals surface area contributed by atoms with Gasteiger partial charge in [0, 0.05) is 11.1 Å². The molecule has 0 aromatic heterocycles. The number of benzene rings is 2. The van der Waals surface area contributed by atoms with E-state index in [0.717, 1.165) is 5.56 Å². The summed E-state index contributed by atoms with van der Waals surface area (Å²) in [6.45, 7) is 1.82. The zero-order valence-electron chi connectivity index (χ0n) is 10.6. The van der Waals surface area contributed by atoms with E-state index >= 15 is 0 Å². The van der Waals surface area contributed by atoms with E-state index in [2.05, 4.69) is 0 Å². The molecule has 0 unspecified atom stereocenters. The second kappa shape index (κ2) is 5.48. The van der Waals surface area contributed by atoms with Crippen molar-refractivity contribution in [2.45, 2.75) is 13.3 Å². The summed E-state index contributed by atoms with van der Waals surface area (Å²) >= 11 is 0. The molecule has 2 aromatic carbocycles. The van der Waals surface area contributed by atoms with Crippen LogP contribution in [0.15, 0.2) is 48.5 Å². The Morgan fingerprint density at radius 1 is 1.00 bits per heavy atom. The number of carboxylic acid groups (broad SMARTS) is 1. The quantitative estimate of drug-likeness (QED) is 0.853. The van der Waals surface area contributed by atoms with Crippen molar-refractivity contribution in [1.82, 2.24) is 0 Å². The molecular formula is C16H14O3. The third kappa shape index (κ3) is 2.88. The molecule has 0 fully saturated rings. The number of hydrogen-bond donors (Lipinski definition) is 1. The van der Waals surface area contributed by atoms with Crippen LogP contribution in [0.1, 0.15) is 27.0 Å². The predicted octanol–water partition coefficient (Wildman–Crippen LogP) is 2.85. The van der Waals surface area contributed by atoms with Gasteiger partial charge in [-0.2, -0.15) is 0 Å². The first kappa shape index (κ1) is 13.0. The van der Waals surface area contributed by atoms with Gasteiger partial charge in [-0.1, -0.05) is 48.5 Å². The number of hydrogen-bond acceptors (Lipinski definition) is 2.